The fourth-order valence-corrected chi connectivity index (χ4v) is 1.20. The summed E-state index contributed by atoms with van der Waals surface area (Å²) in [4.78, 5) is 3.11. The summed E-state index contributed by atoms with van der Waals surface area (Å²) in [5.41, 5.74) is 2.84. The van der Waals surface area contributed by atoms with Crippen LogP contribution in [0.5, 0.6) is 0 Å². The second kappa shape index (κ2) is 2.91. The molecule has 1 heteroatoms. The first-order valence-electron chi connectivity index (χ1n) is 3.89. The van der Waals surface area contributed by atoms with Gasteiger partial charge >= 0.3 is 0 Å². The summed E-state index contributed by atoms with van der Waals surface area (Å²) >= 11 is 0. The summed E-state index contributed by atoms with van der Waals surface area (Å²) in [5.74, 6) is 0.700. The van der Waals surface area contributed by atoms with E-state index in [1.54, 1.807) is 0 Å². The zero-order chi connectivity index (χ0) is 7.56. The largest absolute Gasteiger partial charge is 0.367 e. The highest BCUT2D eigenvalue weighted by Crippen LogP contribution is 2.20. The Morgan fingerprint density at radius 2 is 2.20 bits per heavy atom. The fourth-order valence-electron chi connectivity index (χ4n) is 1.20. The summed E-state index contributed by atoms with van der Waals surface area (Å²) in [5, 5.41) is 0. The number of H-pyrrole nitrogens is 1. The third kappa shape index (κ3) is 1.23. The van der Waals surface area contributed by atoms with Gasteiger partial charge in [0.1, 0.15) is 0 Å². The molecule has 1 heterocycles. The Kier molecular flexibility index (Phi) is 2.15. The smallest absolute Gasteiger partial charge is 0.00428 e. The third-order valence-electron chi connectivity index (χ3n) is 2.14. The van der Waals surface area contributed by atoms with E-state index in [9.17, 15) is 0 Å². The summed E-state index contributed by atoms with van der Waals surface area (Å²) in [7, 11) is 0. The minimum Gasteiger partial charge on any atom is -0.367 e. The van der Waals surface area contributed by atoms with Gasteiger partial charge in [-0.1, -0.05) is 13.8 Å². The number of hydrogen-bond acceptors (Lipinski definition) is 0. The van der Waals surface area contributed by atoms with E-state index in [4.69, 9.17) is 0 Å². The summed E-state index contributed by atoms with van der Waals surface area (Å²) in [6, 6.07) is 0. The number of aromatic nitrogens is 1. The van der Waals surface area contributed by atoms with Crippen molar-refractivity contribution in [2.45, 2.75) is 33.1 Å². The first kappa shape index (κ1) is 7.39. The zero-order valence-corrected chi connectivity index (χ0v) is 6.94. The van der Waals surface area contributed by atoms with Crippen LogP contribution in [0.4, 0.5) is 0 Å². The van der Waals surface area contributed by atoms with Crippen LogP contribution in [0.25, 0.3) is 0 Å². The van der Waals surface area contributed by atoms with Crippen LogP contribution < -0.4 is 0 Å². The zero-order valence-electron chi connectivity index (χ0n) is 6.94. The van der Waals surface area contributed by atoms with Crippen molar-refractivity contribution in [1.29, 1.82) is 0 Å². The van der Waals surface area contributed by atoms with Crippen molar-refractivity contribution in [3.05, 3.63) is 23.5 Å². The maximum absolute atomic E-state index is 3.11. The van der Waals surface area contributed by atoms with Gasteiger partial charge in [-0.2, -0.15) is 0 Å². The summed E-state index contributed by atoms with van der Waals surface area (Å²) in [6.45, 7) is 6.63. The van der Waals surface area contributed by atoms with Crippen LogP contribution in [0.1, 0.15) is 37.3 Å². The number of rotatable bonds is 2. The second-order valence-electron chi connectivity index (χ2n) is 2.90. The lowest BCUT2D eigenvalue weighted by Gasteiger charge is -2.06. The van der Waals surface area contributed by atoms with Crippen LogP contribution in [0, 0.1) is 6.92 Å². The molecule has 0 fully saturated rings. The van der Waals surface area contributed by atoms with Gasteiger partial charge in [-0.25, -0.2) is 0 Å². The van der Waals surface area contributed by atoms with Gasteiger partial charge in [0.2, 0.25) is 0 Å². The number of aromatic amines is 1. The highest BCUT2D eigenvalue weighted by Gasteiger charge is 2.05. The van der Waals surface area contributed by atoms with Gasteiger partial charge in [-0.05, 0) is 30.4 Å². The van der Waals surface area contributed by atoms with Crippen LogP contribution in [-0.2, 0) is 0 Å². The lowest BCUT2D eigenvalue weighted by Crippen LogP contribution is -1.89. The normalized spacial score (nSPS) is 13.5. The Morgan fingerprint density at radius 3 is 2.60 bits per heavy atom. The van der Waals surface area contributed by atoms with E-state index < -0.39 is 0 Å². The van der Waals surface area contributed by atoms with E-state index in [-0.39, 0.29) is 0 Å². The molecule has 1 atom stereocenters. The lowest BCUT2D eigenvalue weighted by molar-refractivity contribution is 0.730. The van der Waals surface area contributed by atoms with Gasteiger partial charge in [-0.15, -0.1) is 0 Å². The van der Waals surface area contributed by atoms with Gasteiger partial charge in [0.25, 0.3) is 0 Å². The molecule has 0 radical (unpaired) electrons. The van der Waals surface area contributed by atoms with Crippen molar-refractivity contribution >= 4 is 0 Å². The Hall–Kier alpha value is -0.720. The molecule has 10 heavy (non-hydrogen) atoms. The minimum atomic E-state index is 0.700. The van der Waals surface area contributed by atoms with Crippen molar-refractivity contribution in [2.24, 2.45) is 0 Å². The Bertz CT molecular complexity index is 200. The first-order valence-corrected chi connectivity index (χ1v) is 3.89. The maximum atomic E-state index is 3.11. The van der Waals surface area contributed by atoms with E-state index in [1.807, 2.05) is 0 Å². The molecule has 1 nitrogen and oxygen atoms in total. The first-order chi connectivity index (χ1) is 4.75. The molecule has 56 valence electrons. The monoisotopic (exact) mass is 137 g/mol. The van der Waals surface area contributed by atoms with Crippen LogP contribution in [0.3, 0.4) is 0 Å². The second-order valence-corrected chi connectivity index (χ2v) is 2.90. The summed E-state index contributed by atoms with van der Waals surface area (Å²) < 4.78 is 0. The molecule has 0 saturated carbocycles. The molecular formula is C9H15N. The number of nitrogens with one attached hydrogen (secondary N) is 1. The third-order valence-corrected chi connectivity index (χ3v) is 2.14. The van der Waals surface area contributed by atoms with Crippen LogP contribution in [0.2, 0.25) is 0 Å². The standard InChI is InChI=1S/C9H15N/c1-4-7(2)9-6-10-5-8(9)3/h5-7,10H,4H2,1-3H3. The van der Waals surface area contributed by atoms with Crippen molar-refractivity contribution in [2.75, 3.05) is 0 Å². The highest BCUT2D eigenvalue weighted by molar-refractivity contribution is 5.24. The number of hydrogen-bond donors (Lipinski definition) is 1. The van der Waals surface area contributed by atoms with Crippen molar-refractivity contribution in [3.63, 3.8) is 0 Å². The van der Waals surface area contributed by atoms with Crippen LogP contribution in [-0.4, -0.2) is 4.98 Å². The highest BCUT2D eigenvalue weighted by atomic mass is 14.6. The molecule has 0 spiro atoms. The molecule has 0 saturated heterocycles. The van der Waals surface area contributed by atoms with E-state index in [1.165, 1.54) is 17.5 Å². The average Bonchev–Trinajstić information content (AvgIpc) is 2.34. The minimum absolute atomic E-state index is 0.700. The Labute approximate surface area is 62.5 Å². The molecule has 1 rings (SSSR count). The molecule has 0 aliphatic heterocycles. The molecule has 1 aromatic rings. The molecule has 0 aliphatic rings. The average molecular weight is 137 g/mol. The number of aryl methyl sites for hydroxylation is 1. The molecule has 0 aliphatic carbocycles. The van der Waals surface area contributed by atoms with E-state index in [0.29, 0.717) is 5.92 Å². The lowest BCUT2D eigenvalue weighted by atomic mass is 9.99. The summed E-state index contributed by atoms with van der Waals surface area (Å²) in [6.07, 6.45) is 5.38. The van der Waals surface area contributed by atoms with E-state index in [0.717, 1.165) is 0 Å². The Balaban J connectivity index is 2.82. The maximum Gasteiger partial charge on any atom is 0.00428 e. The molecule has 1 N–H and O–H groups in total. The predicted molar refractivity (Wildman–Crippen MR) is 44.2 cm³/mol. The van der Waals surface area contributed by atoms with Gasteiger partial charge in [0, 0.05) is 12.4 Å². The van der Waals surface area contributed by atoms with Gasteiger partial charge in [-0.3, -0.25) is 0 Å². The molecule has 1 aromatic heterocycles. The fraction of sp³-hybridized carbons (Fsp3) is 0.556. The predicted octanol–water partition coefficient (Wildman–Crippen LogP) is 2.84. The Morgan fingerprint density at radius 1 is 1.50 bits per heavy atom. The molecular weight excluding hydrogens is 122 g/mol. The van der Waals surface area contributed by atoms with Gasteiger partial charge in [0.05, 0.1) is 0 Å². The van der Waals surface area contributed by atoms with Crippen LogP contribution in [0.15, 0.2) is 12.4 Å². The quantitative estimate of drug-likeness (QED) is 0.645. The van der Waals surface area contributed by atoms with Crippen molar-refractivity contribution < 1.29 is 0 Å². The molecule has 0 bridgehead atoms. The SMILES string of the molecule is CCC(C)c1c[nH]cc1C. The molecule has 1 unspecified atom stereocenters. The van der Waals surface area contributed by atoms with Gasteiger partial charge in [0.15, 0.2) is 0 Å². The van der Waals surface area contributed by atoms with Gasteiger partial charge < -0.3 is 4.98 Å². The van der Waals surface area contributed by atoms with Crippen molar-refractivity contribution in [3.8, 4) is 0 Å². The van der Waals surface area contributed by atoms with E-state index in [2.05, 4.69) is 38.1 Å². The van der Waals surface area contributed by atoms with Crippen molar-refractivity contribution in [1.82, 2.24) is 4.98 Å². The van der Waals surface area contributed by atoms with E-state index >= 15 is 0 Å². The molecule has 0 amide bonds. The molecule has 0 aromatic carbocycles. The topological polar surface area (TPSA) is 15.8 Å². The van der Waals surface area contributed by atoms with Crippen LogP contribution >= 0.6 is 0 Å².